The number of nitrogens with one attached hydrogen (secondary N) is 1. The fraction of sp³-hybridized carbons (Fsp3) is 0.133. The van der Waals surface area contributed by atoms with E-state index in [9.17, 15) is 4.79 Å². The number of rotatable bonds is 4. The Morgan fingerprint density at radius 1 is 1.20 bits per heavy atom. The fourth-order valence-electron chi connectivity index (χ4n) is 2.05. The zero-order valence-electron chi connectivity index (χ0n) is 10.9. The summed E-state index contributed by atoms with van der Waals surface area (Å²) in [4.78, 5) is 23.9. The van der Waals surface area contributed by atoms with E-state index >= 15 is 0 Å². The average molecular weight is 283 g/mol. The largest absolute Gasteiger partial charge is 0.360 e. The minimum atomic E-state index is -0.225. The number of fused-ring (bicyclic) bond motifs is 1. The van der Waals surface area contributed by atoms with Gasteiger partial charge in [-0.2, -0.15) is 0 Å². The third-order valence-corrected chi connectivity index (χ3v) is 4.04. The number of thioether (sulfide) groups is 1. The average Bonchev–Trinajstić information content (AvgIpc) is 2.91. The summed E-state index contributed by atoms with van der Waals surface area (Å²) in [5.41, 5.74) is 1.69. The van der Waals surface area contributed by atoms with E-state index in [0.717, 1.165) is 16.5 Å². The van der Waals surface area contributed by atoms with Crippen LogP contribution in [-0.2, 0) is 0 Å². The summed E-state index contributed by atoms with van der Waals surface area (Å²) < 4.78 is 0. The molecule has 0 saturated carbocycles. The zero-order chi connectivity index (χ0) is 13.9. The van der Waals surface area contributed by atoms with Crippen LogP contribution < -0.4 is 0 Å². The quantitative estimate of drug-likeness (QED) is 0.453. The molecule has 1 N–H and O–H groups in total. The molecule has 2 heterocycles. The fourth-order valence-corrected chi connectivity index (χ4v) is 2.85. The van der Waals surface area contributed by atoms with Crippen LogP contribution in [0.5, 0.6) is 0 Å². The molecule has 0 radical (unpaired) electrons. The van der Waals surface area contributed by atoms with Gasteiger partial charge in [-0.3, -0.25) is 4.79 Å². The molecule has 5 heteroatoms. The van der Waals surface area contributed by atoms with Gasteiger partial charge in [0.25, 0.3) is 0 Å². The van der Waals surface area contributed by atoms with E-state index in [1.165, 1.54) is 11.8 Å². The topological polar surface area (TPSA) is 58.6 Å². The summed E-state index contributed by atoms with van der Waals surface area (Å²) in [5.74, 6) is 0.0832. The van der Waals surface area contributed by atoms with E-state index in [2.05, 4.69) is 15.0 Å². The molecule has 0 spiro atoms. The highest BCUT2D eigenvalue weighted by atomic mass is 32.2. The Balaban J connectivity index is 1.85. The maximum absolute atomic E-state index is 12.5. The first kappa shape index (κ1) is 12.9. The summed E-state index contributed by atoms with van der Waals surface area (Å²) in [6.45, 7) is 1.88. The lowest BCUT2D eigenvalue weighted by atomic mass is 10.1. The third kappa shape index (κ3) is 2.44. The minimum absolute atomic E-state index is 0.0832. The Labute approximate surface area is 120 Å². The first-order valence-electron chi connectivity index (χ1n) is 6.29. The second-order valence-corrected chi connectivity index (χ2v) is 5.71. The maximum Gasteiger partial charge on any atom is 0.188 e. The predicted octanol–water partition coefficient (Wildman–Crippen LogP) is 3.32. The van der Waals surface area contributed by atoms with Crippen molar-refractivity contribution < 1.29 is 4.79 Å². The molecular weight excluding hydrogens is 270 g/mol. The SMILES string of the molecule is CC(Sc1ncccn1)C(=O)c1c[nH]c2ccccc12. The van der Waals surface area contributed by atoms with Gasteiger partial charge in [0.15, 0.2) is 10.9 Å². The van der Waals surface area contributed by atoms with Gasteiger partial charge in [0, 0.05) is 35.1 Å². The highest BCUT2D eigenvalue weighted by molar-refractivity contribution is 8.00. The summed E-state index contributed by atoms with van der Waals surface area (Å²) in [7, 11) is 0. The summed E-state index contributed by atoms with van der Waals surface area (Å²) in [6.07, 6.45) is 5.13. The molecule has 3 rings (SSSR count). The number of Topliss-reactive ketones (excluding diaryl/α,β-unsaturated/α-hetero) is 1. The van der Waals surface area contributed by atoms with Gasteiger partial charge in [-0.1, -0.05) is 30.0 Å². The highest BCUT2D eigenvalue weighted by Gasteiger charge is 2.20. The van der Waals surface area contributed by atoms with Crippen molar-refractivity contribution in [3.8, 4) is 0 Å². The molecule has 20 heavy (non-hydrogen) atoms. The second-order valence-electron chi connectivity index (χ2n) is 4.40. The van der Waals surface area contributed by atoms with E-state index < -0.39 is 0 Å². The number of benzene rings is 1. The van der Waals surface area contributed by atoms with Crippen molar-refractivity contribution >= 4 is 28.4 Å². The van der Waals surface area contributed by atoms with Crippen LogP contribution in [0.2, 0.25) is 0 Å². The van der Waals surface area contributed by atoms with Crippen molar-refractivity contribution in [2.75, 3.05) is 0 Å². The first-order valence-corrected chi connectivity index (χ1v) is 7.17. The highest BCUT2D eigenvalue weighted by Crippen LogP contribution is 2.25. The molecule has 0 aliphatic heterocycles. The molecule has 0 saturated heterocycles. The van der Waals surface area contributed by atoms with E-state index in [4.69, 9.17) is 0 Å². The Kier molecular flexibility index (Phi) is 3.52. The van der Waals surface area contributed by atoms with Crippen LogP contribution in [0, 0.1) is 0 Å². The number of hydrogen-bond donors (Lipinski definition) is 1. The van der Waals surface area contributed by atoms with Crippen molar-refractivity contribution in [3.63, 3.8) is 0 Å². The van der Waals surface area contributed by atoms with Crippen molar-refractivity contribution in [2.45, 2.75) is 17.3 Å². The molecule has 100 valence electrons. The number of hydrogen-bond acceptors (Lipinski definition) is 4. The minimum Gasteiger partial charge on any atom is -0.360 e. The normalized spacial score (nSPS) is 12.4. The molecule has 0 aliphatic rings. The van der Waals surface area contributed by atoms with E-state index in [-0.39, 0.29) is 11.0 Å². The number of H-pyrrole nitrogens is 1. The van der Waals surface area contributed by atoms with Crippen LogP contribution in [0.3, 0.4) is 0 Å². The Bertz CT molecular complexity index is 739. The van der Waals surface area contributed by atoms with Crippen LogP contribution in [0.15, 0.2) is 54.1 Å². The van der Waals surface area contributed by atoms with Gasteiger partial charge in [-0.15, -0.1) is 0 Å². The van der Waals surface area contributed by atoms with Gasteiger partial charge in [0.1, 0.15) is 0 Å². The van der Waals surface area contributed by atoms with E-state index in [0.29, 0.717) is 5.16 Å². The number of nitrogens with zero attached hydrogens (tertiary/aromatic N) is 2. The molecule has 0 fully saturated rings. The van der Waals surface area contributed by atoms with Crippen LogP contribution >= 0.6 is 11.8 Å². The van der Waals surface area contributed by atoms with Crippen molar-refractivity contribution in [2.24, 2.45) is 0 Å². The Hall–Kier alpha value is -2.14. The van der Waals surface area contributed by atoms with E-state index in [1.807, 2.05) is 31.2 Å². The standard InChI is InChI=1S/C15H13N3OS/c1-10(20-15-16-7-4-8-17-15)14(19)12-9-18-13-6-3-2-5-11(12)13/h2-10,18H,1H3. The van der Waals surface area contributed by atoms with Crippen LogP contribution in [-0.4, -0.2) is 26.0 Å². The number of aromatic nitrogens is 3. The zero-order valence-corrected chi connectivity index (χ0v) is 11.7. The van der Waals surface area contributed by atoms with Gasteiger partial charge in [0.05, 0.1) is 5.25 Å². The molecule has 0 amide bonds. The third-order valence-electron chi connectivity index (χ3n) is 3.05. The van der Waals surface area contributed by atoms with Crippen molar-refractivity contribution in [1.29, 1.82) is 0 Å². The van der Waals surface area contributed by atoms with Gasteiger partial charge in [-0.05, 0) is 19.1 Å². The van der Waals surface area contributed by atoms with Gasteiger partial charge in [-0.25, -0.2) is 9.97 Å². The van der Waals surface area contributed by atoms with Crippen LogP contribution in [0.4, 0.5) is 0 Å². The first-order chi connectivity index (χ1) is 9.75. The maximum atomic E-state index is 12.5. The van der Waals surface area contributed by atoms with Crippen molar-refractivity contribution in [1.82, 2.24) is 15.0 Å². The smallest absolute Gasteiger partial charge is 0.188 e. The number of carbonyl (C=O) groups excluding carboxylic acids is 1. The molecule has 1 atom stereocenters. The van der Waals surface area contributed by atoms with Crippen molar-refractivity contribution in [3.05, 3.63) is 54.5 Å². The number of para-hydroxylation sites is 1. The van der Waals surface area contributed by atoms with Gasteiger partial charge < -0.3 is 4.98 Å². The summed E-state index contributed by atoms with van der Waals surface area (Å²) in [6, 6.07) is 9.56. The molecule has 4 nitrogen and oxygen atoms in total. The monoisotopic (exact) mass is 283 g/mol. The molecular formula is C15H13N3OS. The molecule has 2 aromatic heterocycles. The second kappa shape index (κ2) is 5.46. The molecule has 3 aromatic rings. The van der Waals surface area contributed by atoms with Crippen LogP contribution in [0.25, 0.3) is 10.9 Å². The Morgan fingerprint density at radius 3 is 2.75 bits per heavy atom. The molecule has 1 unspecified atom stereocenters. The predicted molar refractivity (Wildman–Crippen MR) is 80.0 cm³/mol. The lowest BCUT2D eigenvalue weighted by molar-refractivity contribution is 0.0995. The molecule has 1 aromatic carbocycles. The Morgan fingerprint density at radius 2 is 1.95 bits per heavy atom. The van der Waals surface area contributed by atoms with Crippen LogP contribution in [0.1, 0.15) is 17.3 Å². The van der Waals surface area contributed by atoms with Gasteiger partial charge >= 0.3 is 0 Å². The lowest BCUT2D eigenvalue weighted by Gasteiger charge is -2.07. The van der Waals surface area contributed by atoms with Gasteiger partial charge in [0.2, 0.25) is 0 Å². The lowest BCUT2D eigenvalue weighted by Crippen LogP contribution is -2.13. The number of aromatic amines is 1. The molecule has 0 bridgehead atoms. The number of ketones is 1. The molecule has 0 aliphatic carbocycles. The number of carbonyl (C=O) groups is 1. The summed E-state index contributed by atoms with van der Waals surface area (Å²) in [5, 5.41) is 1.35. The summed E-state index contributed by atoms with van der Waals surface area (Å²) >= 11 is 1.37. The van der Waals surface area contributed by atoms with E-state index in [1.54, 1.807) is 24.7 Å².